The fraction of sp³-hybridized carbons (Fsp3) is 0.115. The topological polar surface area (TPSA) is 68.5 Å². The van der Waals surface area contributed by atoms with Crippen molar-refractivity contribution >= 4 is 12.1 Å². The third-order valence-electron chi connectivity index (χ3n) is 4.89. The van der Waals surface area contributed by atoms with E-state index in [0.29, 0.717) is 17.9 Å². The van der Waals surface area contributed by atoms with Crippen molar-refractivity contribution in [3.8, 4) is 22.7 Å². The molecule has 0 saturated heterocycles. The minimum atomic E-state index is -0.336. The van der Waals surface area contributed by atoms with Crippen molar-refractivity contribution in [3.05, 3.63) is 102 Å². The van der Waals surface area contributed by atoms with Crippen molar-refractivity contribution < 1.29 is 9.53 Å². The fourth-order valence-electron chi connectivity index (χ4n) is 3.29. The molecule has 4 aromatic rings. The molecule has 0 saturated carbocycles. The van der Waals surface area contributed by atoms with Gasteiger partial charge in [0.15, 0.2) is 0 Å². The van der Waals surface area contributed by atoms with E-state index in [1.165, 1.54) is 5.56 Å². The maximum absolute atomic E-state index is 12.6. The summed E-state index contributed by atoms with van der Waals surface area (Å²) < 4.78 is 7.34. The Kier molecular flexibility index (Phi) is 6.41. The van der Waals surface area contributed by atoms with E-state index in [9.17, 15) is 4.79 Å². The Hall–Kier alpha value is -4.19. The van der Waals surface area contributed by atoms with Gasteiger partial charge in [0, 0.05) is 17.3 Å². The third kappa shape index (κ3) is 4.75. The molecule has 0 atom stereocenters. The largest absolute Gasteiger partial charge is 0.493 e. The van der Waals surface area contributed by atoms with Gasteiger partial charge in [0.25, 0.3) is 5.91 Å². The summed E-state index contributed by atoms with van der Waals surface area (Å²) >= 11 is 0. The second kappa shape index (κ2) is 9.75. The minimum Gasteiger partial charge on any atom is -0.493 e. The number of hydrogen-bond donors (Lipinski definition) is 1. The van der Waals surface area contributed by atoms with Crippen LogP contribution in [0, 0.1) is 6.92 Å². The summed E-state index contributed by atoms with van der Waals surface area (Å²) in [4.78, 5) is 12.6. The van der Waals surface area contributed by atoms with E-state index < -0.39 is 0 Å². The second-order valence-corrected chi connectivity index (χ2v) is 7.21. The highest BCUT2D eigenvalue weighted by molar-refractivity contribution is 5.98. The van der Waals surface area contributed by atoms with Gasteiger partial charge in [-0.2, -0.15) is 10.2 Å². The summed E-state index contributed by atoms with van der Waals surface area (Å²) in [7, 11) is 0. The Morgan fingerprint density at radius 2 is 1.75 bits per heavy atom. The van der Waals surface area contributed by atoms with E-state index in [1.807, 2.05) is 85.4 Å². The van der Waals surface area contributed by atoms with E-state index in [0.717, 1.165) is 22.5 Å². The van der Waals surface area contributed by atoms with Gasteiger partial charge in [-0.05, 0) is 38.1 Å². The molecule has 1 aromatic heterocycles. The number of ether oxygens (including phenoxy) is 1. The highest BCUT2D eigenvalue weighted by atomic mass is 16.5. The van der Waals surface area contributed by atoms with E-state index in [2.05, 4.69) is 10.5 Å². The molecule has 1 amide bonds. The van der Waals surface area contributed by atoms with Crippen molar-refractivity contribution in [3.63, 3.8) is 0 Å². The van der Waals surface area contributed by atoms with E-state index in [4.69, 9.17) is 9.84 Å². The van der Waals surface area contributed by atoms with Crippen molar-refractivity contribution in [1.82, 2.24) is 15.2 Å². The van der Waals surface area contributed by atoms with Crippen LogP contribution in [0.15, 0.2) is 90.2 Å². The molecule has 0 aliphatic carbocycles. The Morgan fingerprint density at radius 3 is 2.50 bits per heavy atom. The zero-order valence-electron chi connectivity index (χ0n) is 18.0. The third-order valence-corrected chi connectivity index (χ3v) is 4.89. The summed E-state index contributed by atoms with van der Waals surface area (Å²) in [6.45, 7) is 4.40. The molecular weight excluding hydrogens is 400 g/mol. The molecule has 3 aromatic carbocycles. The lowest BCUT2D eigenvalue weighted by Gasteiger charge is -2.08. The molecule has 0 bridgehead atoms. The summed E-state index contributed by atoms with van der Waals surface area (Å²) in [5.74, 6) is 0.192. The minimum absolute atomic E-state index is 0.336. The highest BCUT2D eigenvalue weighted by Crippen LogP contribution is 2.23. The van der Waals surface area contributed by atoms with Crippen LogP contribution in [-0.4, -0.2) is 28.5 Å². The first-order chi connectivity index (χ1) is 15.7. The van der Waals surface area contributed by atoms with Gasteiger partial charge in [-0.3, -0.25) is 4.79 Å². The van der Waals surface area contributed by atoms with Crippen LogP contribution in [0.1, 0.15) is 28.4 Å². The van der Waals surface area contributed by atoms with E-state index in [-0.39, 0.29) is 5.91 Å². The first-order valence-electron chi connectivity index (χ1n) is 10.4. The summed E-state index contributed by atoms with van der Waals surface area (Å²) in [5, 5.41) is 8.96. The highest BCUT2D eigenvalue weighted by Gasteiger charge is 2.13. The van der Waals surface area contributed by atoms with Crippen molar-refractivity contribution in [2.24, 2.45) is 5.10 Å². The van der Waals surface area contributed by atoms with Crippen LogP contribution in [0.4, 0.5) is 0 Å². The second-order valence-electron chi connectivity index (χ2n) is 7.21. The average molecular weight is 425 g/mol. The summed E-state index contributed by atoms with van der Waals surface area (Å²) in [6, 6.07) is 25.1. The van der Waals surface area contributed by atoms with Crippen LogP contribution in [0.2, 0.25) is 0 Å². The van der Waals surface area contributed by atoms with Crippen molar-refractivity contribution in [1.29, 1.82) is 0 Å². The summed E-state index contributed by atoms with van der Waals surface area (Å²) in [6.07, 6.45) is 3.51. The molecule has 0 aliphatic rings. The number of nitrogens with one attached hydrogen (secondary N) is 1. The van der Waals surface area contributed by atoms with Gasteiger partial charge in [0.05, 0.1) is 24.1 Å². The van der Waals surface area contributed by atoms with Crippen LogP contribution in [0.25, 0.3) is 16.9 Å². The number of carbonyl (C=O) groups excluding carboxylic acids is 1. The number of rotatable bonds is 7. The Bertz CT molecular complexity index is 1230. The maximum atomic E-state index is 12.6. The van der Waals surface area contributed by atoms with Crippen molar-refractivity contribution in [2.45, 2.75) is 13.8 Å². The molecule has 6 heteroatoms. The number of carbonyl (C=O) groups is 1. The lowest BCUT2D eigenvalue weighted by atomic mass is 10.1. The van der Waals surface area contributed by atoms with Gasteiger partial charge in [-0.1, -0.05) is 60.2 Å². The Balaban J connectivity index is 1.62. The van der Waals surface area contributed by atoms with Gasteiger partial charge in [0.2, 0.25) is 0 Å². The maximum Gasteiger partial charge on any atom is 0.275 e. The quantitative estimate of drug-likeness (QED) is 0.335. The number of para-hydroxylation sites is 2. The SMILES string of the molecule is CCOc1ccccc1C(=O)N/N=C/c1cn(-c2ccccc2)nc1-c1ccc(C)cc1. The molecule has 1 N–H and O–H groups in total. The zero-order chi connectivity index (χ0) is 22.3. The number of nitrogens with zero attached hydrogens (tertiary/aromatic N) is 3. The van der Waals surface area contributed by atoms with E-state index >= 15 is 0 Å². The number of aromatic nitrogens is 2. The molecular formula is C26H24N4O2. The lowest BCUT2D eigenvalue weighted by Crippen LogP contribution is -2.18. The number of benzene rings is 3. The lowest BCUT2D eigenvalue weighted by molar-refractivity contribution is 0.0951. The average Bonchev–Trinajstić information content (AvgIpc) is 3.25. The van der Waals surface area contributed by atoms with Gasteiger partial charge < -0.3 is 4.74 Å². The van der Waals surface area contributed by atoms with Gasteiger partial charge in [0.1, 0.15) is 11.4 Å². The molecule has 1 heterocycles. The number of hydrogen-bond acceptors (Lipinski definition) is 4. The molecule has 6 nitrogen and oxygen atoms in total. The van der Waals surface area contributed by atoms with E-state index in [1.54, 1.807) is 24.4 Å². The molecule has 4 rings (SSSR count). The normalized spacial score (nSPS) is 10.9. The molecule has 160 valence electrons. The Labute approximate surface area is 187 Å². The first-order valence-corrected chi connectivity index (χ1v) is 10.4. The smallest absolute Gasteiger partial charge is 0.275 e. The molecule has 0 aliphatic heterocycles. The fourth-order valence-corrected chi connectivity index (χ4v) is 3.29. The molecule has 0 fully saturated rings. The standard InChI is InChI=1S/C26H24N4O2/c1-3-32-24-12-8-7-11-23(24)26(31)28-27-17-21-18-30(22-9-5-4-6-10-22)29-25(21)20-15-13-19(2)14-16-20/h4-18H,3H2,1-2H3,(H,28,31)/b27-17+. The van der Waals surface area contributed by atoms with Gasteiger partial charge in [-0.15, -0.1) is 0 Å². The molecule has 0 radical (unpaired) electrons. The predicted molar refractivity (Wildman–Crippen MR) is 126 cm³/mol. The van der Waals surface area contributed by atoms with Crippen LogP contribution < -0.4 is 10.2 Å². The van der Waals surface area contributed by atoms with Crippen LogP contribution in [0.3, 0.4) is 0 Å². The summed E-state index contributed by atoms with van der Waals surface area (Å²) in [5.41, 5.74) is 7.68. The zero-order valence-corrected chi connectivity index (χ0v) is 18.0. The van der Waals surface area contributed by atoms with Crippen LogP contribution >= 0.6 is 0 Å². The molecule has 0 unspecified atom stereocenters. The van der Waals surface area contributed by atoms with Gasteiger partial charge >= 0.3 is 0 Å². The van der Waals surface area contributed by atoms with Crippen LogP contribution in [-0.2, 0) is 0 Å². The van der Waals surface area contributed by atoms with Gasteiger partial charge in [-0.25, -0.2) is 10.1 Å². The molecule has 32 heavy (non-hydrogen) atoms. The van der Waals surface area contributed by atoms with Crippen molar-refractivity contribution in [2.75, 3.05) is 6.61 Å². The number of aryl methyl sites for hydroxylation is 1. The number of hydrazone groups is 1. The Morgan fingerprint density at radius 1 is 1.03 bits per heavy atom. The molecule has 0 spiro atoms. The first kappa shape index (κ1) is 21.1. The predicted octanol–water partition coefficient (Wildman–Crippen LogP) is 5.01. The number of amides is 1. The monoisotopic (exact) mass is 424 g/mol. The van der Waals surface area contributed by atoms with Crippen LogP contribution in [0.5, 0.6) is 5.75 Å².